The molecule has 0 bridgehead atoms. The number of rotatable bonds is 8. The molecule has 1 rings (SSSR count). The van der Waals surface area contributed by atoms with Gasteiger partial charge in [-0.15, -0.1) is 0 Å². The van der Waals surface area contributed by atoms with Gasteiger partial charge in [0.2, 0.25) is 0 Å². The Morgan fingerprint density at radius 3 is 2.14 bits per heavy atom. The van der Waals surface area contributed by atoms with Gasteiger partial charge >= 0.3 is 0 Å². The number of nitrogens with one attached hydrogen (secondary N) is 1. The number of nitrogens with zero attached hydrogens (tertiary/aromatic N) is 3. The second-order valence-electron chi connectivity index (χ2n) is 6.00. The molecule has 4 nitrogen and oxygen atoms in total. The largest absolute Gasteiger partial charge is 0.373 e. The first-order valence-corrected chi connectivity index (χ1v) is 8.29. The van der Waals surface area contributed by atoms with Crippen LogP contribution >= 0.6 is 0 Å². The van der Waals surface area contributed by atoms with Crippen LogP contribution in [0.4, 0.5) is 11.6 Å². The Morgan fingerprint density at radius 2 is 1.71 bits per heavy atom. The molecule has 0 unspecified atom stereocenters. The van der Waals surface area contributed by atoms with Crippen molar-refractivity contribution in [3.63, 3.8) is 0 Å². The van der Waals surface area contributed by atoms with E-state index in [1.165, 1.54) is 12.8 Å². The topological polar surface area (TPSA) is 41.1 Å². The first kappa shape index (κ1) is 17.7. The molecule has 0 radical (unpaired) electrons. The molecule has 1 heterocycles. The van der Waals surface area contributed by atoms with Gasteiger partial charge in [0, 0.05) is 31.6 Å². The maximum atomic E-state index is 4.85. The molecule has 0 aliphatic carbocycles. The van der Waals surface area contributed by atoms with Gasteiger partial charge in [0.25, 0.3) is 0 Å². The van der Waals surface area contributed by atoms with E-state index in [4.69, 9.17) is 4.98 Å². The molecule has 0 aromatic carbocycles. The Morgan fingerprint density at radius 1 is 1.10 bits per heavy atom. The van der Waals surface area contributed by atoms with Crippen molar-refractivity contribution in [3.8, 4) is 0 Å². The first-order valence-electron chi connectivity index (χ1n) is 8.29. The molecule has 21 heavy (non-hydrogen) atoms. The monoisotopic (exact) mass is 292 g/mol. The van der Waals surface area contributed by atoms with E-state index in [0.29, 0.717) is 5.92 Å². The molecule has 1 aromatic rings. The van der Waals surface area contributed by atoms with E-state index in [0.717, 1.165) is 42.0 Å². The normalized spacial score (nSPS) is 11.3. The van der Waals surface area contributed by atoms with Gasteiger partial charge in [-0.25, -0.2) is 9.97 Å². The van der Waals surface area contributed by atoms with E-state index in [1.54, 1.807) is 0 Å². The minimum Gasteiger partial charge on any atom is -0.373 e. The molecule has 0 saturated heterocycles. The molecular weight excluding hydrogens is 260 g/mol. The summed E-state index contributed by atoms with van der Waals surface area (Å²) in [5.74, 6) is 4.02. The Bertz CT molecular complexity index is 439. The number of anilines is 2. The predicted molar refractivity (Wildman–Crippen MR) is 92.4 cm³/mol. The summed E-state index contributed by atoms with van der Waals surface area (Å²) in [5, 5.41) is 3.21. The lowest BCUT2D eigenvalue weighted by Crippen LogP contribution is -2.31. The van der Waals surface area contributed by atoms with E-state index in [-0.39, 0.29) is 0 Å². The highest BCUT2D eigenvalue weighted by Gasteiger charge is 2.18. The smallest absolute Gasteiger partial charge is 0.137 e. The van der Waals surface area contributed by atoms with Crippen molar-refractivity contribution in [2.45, 2.75) is 60.3 Å². The zero-order valence-electron chi connectivity index (χ0n) is 14.8. The molecule has 0 atom stereocenters. The molecule has 120 valence electrons. The summed E-state index contributed by atoms with van der Waals surface area (Å²) < 4.78 is 0. The first-order chi connectivity index (χ1) is 9.98. The number of aromatic nitrogens is 2. The van der Waals surface area contributed by atoms with Gasteiger partial charge in [-0.2, -0.15) is 0 Å². The van der Waals surface area contributed by atoms with Crippen LogP contribution in [-0.4, -0.2) is 30.1 Å². The maximum absolute atomic E-state index is 4.85. The Hall–Kier alpha value is -1.32. The van der Waals surface area contributed by atoms with Gasteiger partial charge < -0.3 is 10.2 Å². The summed E-state index contributed by atoms with van der Waals surface area (Å²) in [4.78, 5) is 11.9. The van der Waals surface area contributed by atoms with E-state index in [1.807, 2.05) is 7.05 Å². The van der Waals surface area contributed by atoms with Gasteiger partial charge in [0.1, 0.15) is 17.5 Å². The minimum atomic E-state index is 0.336. The third kappa shape index (κ3) is 4.32. The summed E-state index contributed by atoms with van der Waals surface area (Å²) in [6.07, 6.45) is 2.43. The molecule has 4 heteroatoms. The van der Waals surface area contributed by atoms with Crippen molar-refractivity contribution >= 4 is 11.6 Å². The van der Waals surface area contributed by atoms with Crippen molar-refractivity contribution < 1.29 is 0 Å². The number of hydrogen-bond acceptors (Lipinski definition) is 4. The maximum Gasteiger partial charge on any atom is 0.137 e. The fourth-order valence-electron chi connectivity index (χ4n) is 2.56. The minimum absolute atomic E-state index is 0.336. The summed E-state index contributed by atoms with van der Waals surface area (Å²) >= 11 is 0. The Labute approximate surface area is 130 Å². The molecule has 1 aromatic heterocycles. The quantitative estimate of drug-likeness (QED) is 0.779. The molecule has 0 aliphatic rings. The molecule has 0 fully saturated rings. The van der Waals surface area contributed by atoms with Gasteiger partial charge in [-0.1, -0.05) is 40.5 Å². The van der Waals surface area contributed by atoms with Crippen LogP contribution in [0, 0.1) is 12.8 Å². The SMILES string of the molecule is CCC(CC)CN(CC)c1nc(C(C)C)nc(NC)c1C. The highest BCUT2D eigenvalue weighted by atomic mass is 15.2. The second kappa shape index (κ2) is 8.20. The molecule has 0 saturated carbocycles. The summed E-state index contributed by atoms with van der Waals surface area (Å²) in [6, 6.07) is 0. The van der Waals surface area contributed by atoms with Crippen LogP contribution in [0.3, 0.4) is 0 Å². The van der Waals surface area contributed by atoms with Gasteiger partial charge in [0.05, 0.1) is 0 Å². The third-order valence-corrected chi connectivity index (χ3v) is 4.21. The average molecular weight is 292 g/mol. The van der Waals surface area contributed by atoms with Crippen molar-refractivity contribution in [1.82, 2.24) is 9.97 Å². The van der Waals surface area contributed by atoms with Crippen LogP contribution in [0.15, 0.2) is 0 Å². The molecule has 0 aliphatic heterocycles. The second-order valence-corrected chi connectivity index (χ2v) is 6.00. The molecule has 1 N–H and O–H groups in total. The van der Waals surface area contributed by atoms with E-state index < -0.39 is 0 Å². The van der Waals surface area contributed by atoms with Crippen molar-refractivity contribution in [1.29, 1.82) is 0 Å². The lowest BCUT2D eigenvalue weighted by atomic mass is 10.0. The van der Waals surface area contributed by atoms with Crippen LogP contribution in [-0.2, 0) is 0 Å². The van der Waals surface area contributed by atoms with Crippen LogP contribution in [0.25, 0.3) is 0 Å². The van der Waals surface area contributed by atoms with Crippen molar-refractivity contribution in [2.75, 3.05) is 30.4 Å². The van der Waals surface area contributed by atoms with E-state index >= 15 is 0 Å². The Balaban J connectivity index is 3.20. The molecular formula is C17H32N4. The molecule has 0 spiro atoms. The lowest BCUT2D eigenvalue weighted by Gasteiger charge is -2.29. The fraction of sp³-hybridized carbons (Fsp3) is 0.765. The van der Waals surface area contributed by atoms with Crippen LogP contribution in [0.2, 0.25) is 0 Å². The standard InChI is InChI=1S/C17H32N4/c1-8-14(9-2)11-21(10-3)17-13(6)16(18-7)19-15(20-17)12(4)5/h12,14H,8-11H2,1-7H3,(H,18,19,20). The summed E-state index contributed by atoms with van der Waals surface area (Å²) in [5.41, 5.74) is 1.15. The Kier molecular flexibility index (Phi) is 6.93. The van der Waals surface area contributed by atoms with Gasteiger partial charge in [-0.3, -0.25) is 0 Å². The van der Waals surface area contributed by atoms with Crippen molar-refractivity contribution in [2.24, 2.45) is 5.92 Å². The highest BCUT2D eigenvalue weighted by Crippen LogP contribution is 2.27. The lowest BCUT2D eigenvalue weighted by molar-refractivity contribution is 0.483. The zero-order valence-corrected chi connectivity index (χ0v) is 14.8. The van der Waals surface area contributed by atoms with Crippen LogP contribution in [0.5, 0.6) is 0 Å². The van der Waals surface area contributed by atoms with Crippen molar-refractivity contribution in [3.05, 3.63) is 11.4 Å². The predicted octanol–water partition coefficient (Wildman–Crippen LogP) is 4.21. The van der Waals surface area contributed by atoms with Gasteiger partial charge in [-0.05, 0) is 19.8 Å². The van der Waals surface area contributed by atoms with E-state index in [2.05, 4.69) is 56.7 Å². The van der Waals surface area contributed by atoms with E-state index in [9.17, 15) is 0 Å². The third-order valence-electron chi connectivity index (χ3n) is 4.21. The summed E-state index contributed by atoms with van der Waals surface area (Å²) in [7, 11) is 1.93. The fourth-order valence-corrected chi connectivity index (χ4v) is 2.56. The average Bonchev–Trinajstić information content (AvgIpc) is 2.49. The van der Waals surface area contributed by atoms with Gasteiger partial charge in [0.15, 0.2) is 0 Å². The summed E-state index contributed by atoms with van der Waals surface area (Å²) in [6.45, 7) is 15.2. The van der Waals surface area contributed by atoms with Crippen LogP contribution < -0.4 is 10.2 Å². The zero-order chi connectivity index (χ0) is 16.0. The highest BCUT2D eigenvalue weighted by molar-refractivity contribution is 5.58. The molecule has 0 amide bonds. The number of hydrogen-bond donors (Lipinski definition) is 1. The van der Waals surface area contributed by atoms with Crippen LogP contribution in [0.1, 0.15) is 64.8 Å².